The molecule has 0 radical (unpaired) electrons. The first-order valence-electron chi connectivity index (χ1n) is 7.16. The van der Waals surface area contributed by atoms with Crippen LogP contribution in [0.3, 0.4) is 0 Å². The SMILES string of the molecule is CC(C)OCCCNC(=O)N1CC[C@H](C)C[C@H]1C. The van der Waals surface area contributed by atoms with E-state index in [-0.39, 0.29) is 12.1 Å². The van der Waals surface area contributed by atoms with Crippen LogP contribution in [0.2, 0.25) is 0 Å². The van der Waals surface area contributed by atoms with E-state index in [1.165, 1.54) is 0 Å². The third-order valence-electron chi connectivity index (χ3n) is 3.45. The number of hydrogen-bond donors (Lipinski definition) is 1. The topological polar surface area (TPSA) is 41.6 Å². The lowest BCUT2D eigenvalue weighted by molar-refractivity contribution is 0.0768. The fourth-order valence-corrected chi connectivity index (χ4v) is 2.40. The molecule has 1 rings (SSSR count). The van der Waals surface area contributed by atoms with Gasteiger partial charge in [-0.1, -0.05) is 6.92 Å². The molecule has 1 aliphatic heterocycles. The van der Waals surface area contributed by atoms with Gasteiger partial charge in [0, 0.05) is 25.7 Å². The van der Waals surface area contributed by atoms with E-state index in [0.717, 1.165) is 31.7 Å². The average molecular weight is 256 g/mol. The summed E-state index contributed by atoms with van der Waals surface area (Å²) in [4.78, 5) is 13.9. The molecule has 1 heterocycles. The lowest BCUT2D eigenvalue weighted by atomic mass is 9.94. The second kappa shape index (κ2) is 7.62. The van der Waals surface area contributed by atoms with Crippen molar-refractivity contribution in [2.24, 2.45) is 5.92 Å². The maximum atomic E-state index is 12.0. The van der Waals surface area contributed by atoms with E-state index in [9.17, 15) is 4.79 Å². The molecule has 1 fully saturated rings. The van der Waals surface area contributed by atoms with E-state index in [4.69, 9.17) is 4.74 Å². The van der Waals surface area contributed by atoms with Crippen LogP contribution in [-0.4, -0.2) is 42.8 Å². The quantitative estimate of drug-likeness (QED) is 0.768. The molecule has 0 bridgehead atoms. The van der Waals surface area contributed by atoms with Crippen LogP contribution in [0.15, 0.2) is 0 Å². The number of nitrogens with zero attached hydrogens (tertiary/aromatic N) is 1. The fraction of sp³-hybridized carbons (Fsp3) is 0.929. The lowest BCUT2D eigenvalue weighted by Gasteiger charge is -2.36. The Bertz CT molecular complexity index is 256. The van der Waals surface area contributed by atoms with Crippen LogP contribution >= 0.6 is 0 Å². The molecule has 0 saturated carbocycles. The minimum atomic E-state index is 0.0824. The van der Waals surface area contributed by atoms with Gasteiger partial charge in [0.15, 0.2) is 0 Å². The molecule has 1 N–H and O–H groups in total. The first-order valence-corrected chi connectivity index (χ1v) is 7.16. The number of carbonyl (C=O) groups is 1. The number of likely N-dealkylation sites (tertiary alicyclic amines) is 1. The molecule has 1 aliphatic rings. The minimum Gasteiger partial charge on any atom is -0.379 e. The summed E-state index contributed by atoms with van der Waals surface area (Å²) < 4.78 is 5.44. The lowest BCUT2D eigenvalue weighted by Crippen LogP contribution is -2.49. The van der Waals surface area contributed by atoms with Gasteiger partial charge in [0.05, 0.1) is 6.10 Å². The normalized spacial score (nSPS) is 24.4. The molecule has 0 aromatic carbocycles. The van der Waals surface area contributed by atoms with Crippen molar-refractivity contribution in [1.29, 1.82) is 0 Å². The summed E-state index contributed by atoms with van der Waals surface area (Å²) >= 11 is 0. The van der Waals surface area contributed by atoms with Gasteiger partial charge >= 0.3 is 6.03 Å². The Morgan fingerprint density at radius 1 is 1.44 bits per heavy atom. The van der Waals surface area contributed by atoms with Crippen LogP contribution < -0.4 is 5.32 Å². The molecular formula is C14H28N2O2. The van der Waals surface area contributed by atoms with Crippen molar-refractivity contribution in [2.45, 2.75) is 59.1 Å². The van der Waals surface area contributed by atoms with Crippen LogP contribution in [0.1, 0.15) is 47.0 Å². The van der Waals surface area contributed by atoms with E-state index in [1.54, 1.807) is 0 Å². The number of piperidine rings is 1. The number of ether oxygens (including phenoxy) is 1. The summed E-state index contributed by atoms with van der Waals surface area (Å²) in [6, 6.07) is 0.444. The Balaban J connectivity index is 2.16. The van der Waals surface area contributed by atoms with Crippen LogP contribution in [0.4, 0.5) is 4.79 Å². The highest BCUT2D eigenvalue weighted by atomic mass is 16.5. The molecule has 106 valence electrons. The highest BCUT2D eigenvalue weighted by molar-refractivity contribution is 5.74. The number of rotatable bonds is 5. The number of urea groups is 1. The van der Waals surface area contributed by atoms with Gasteiger partial charge in [-0.3, -0.25) is 0 Å². The van der Waals surface area contributed by atoms with Crippen LogP contribution in [0.5, 0.6) is 0 Å². The van der Waals surface area contributed by atoms with Crippen molar-refractivity contribution >= 4 is 6.03 Å². The van der Waals surface area contributed by atoms with Crippen LogP contribution in [-0.2, 0) is 4.74 Å². The standard InChI is InChI=1S/C14H28N2O2/c1-11(2)18-9-5-7-15-14(17)16-8-6-12(3)10-13(16)4/h11-13H,5-10H2,1-4H3,(H,15,17)/t12-,13+/m0/s1. The predicted octanol–water partition coefficient (Wildman–Crippen LogP) is 2.63. The van der Waals surface area contributed by atoms with E-state index in [0.29, 0.717) is 19.2 Å². The van der Waals surface area contributed by atoms with Crippen molar-refractivity contribution in [3.8, 4) is 0 Å². The summed E-state index contributed by atoms with van der Waals surface area (Å²) in [7, 11) is 0. The van der Waals surface area contributed by atoms with Crippen molar-refractivity contribution in [3.05, 3.63) is 0 Å². The molecule has 0 spiro atoms. The Kier molecular flexibility index (Phi) is 6.47. The largest absolute Gasteiger partial charge is 0.379 e. The van der Waals surface area contributed by atoms with Gasteiger partial charge in [0.25, 0.3) is 0 Å². The smallest absolute Gasteiger partial charge is 0.317 e. The molecule has 0 aromatic heterocycles. The molecule has 18 heavy (non-hydrogen) atoms. The van der Waals surface area contributed by atoms with Crippen molar-refractivity contribution < 1.29 is 9.53 Å². The summed E-state index contributed by atoms with van der Waals surface area (Å²) in [5.74, 6) is 0.739. The maximum absolute atomic E-state index is 12.0. The fourth-order valence-electron chi connectivity index (χ4n) is 2.40. The van der Waals surface area contributed by atoms with Crippen molar-refractivity contribution in [1.82, 2.24) is 10.2 Å². The molecule has 0 aromatic rings. The minimum absolute atomic E-state index is 0.0824. The molecule has 0 unspecified atom stereocenters. The highest BCUT2D eigenvalue weighted by Gasteiger charge is 2.26. The number of nitrogens with one attached hydrogen (secondary N) is 1. The van der Waals surface area contributed by atoms with Crippen LogP contribution in [0.25, 0.3) is 0 Å². The zero-order valence-electron chi connectivity index (χ0n) is 12.2. The maximum Gasteiger partial charge on any atom is 0.317 e. The van der Waals surface area contributed by atoms with E-state index >= 15 is 0 Å². The van der Waals surface area contributed by atoms with Crippen molar-refractivity contribution in [2.75, 3.05) is 19.7 Å². The summed E-state index contributed by atoms with van der Waals surface area (Å²) in [5, 5.41) is 2.98. The summed E-state index contributed by atoms with van der Waals surface area (Å²) in [5.41, 5.74) is 0. The van der Waals surface area contributed by atoms with Crippen LogP contribution in [0, 0.1) is 5.92 Å². The van der Waals surface area contributed by atoms with Gasteiger partial charge in [-0.2, -0.15) is 0 Å². The van der Waals surface area contributed by atoms with E-state index in [1.807, 2.05) is 18.7 Å². The Morgan fingerprint density at radius 3 is 2.78 bits per heavy atom. The second-order valence-electron chi connectivity index (χ2n) is 5.68. The van der Waals surface area contributed by atoms with Gasteiger partial charge in [0.2, 0.25) is 0 Å². The van der Waals surface area contributed by atoms with Gasteiger partial charge in [-0.05, 0) is 46.0 Å². The first-order chi connectivity index (χ1) is 8.50. The molecule has 1 saturated heterocycles. The Morgan fingerprint density at radius 2 is 2.17 bits per heavy atom. The van der Waals surface area contributed by atoms with Gasteiger partial charge in [0.1, 0.15) is 0 Å². The summed E-state index contributed by atoms with van der Waals surface area (Å²) in [6.07, 6.45) is 3.38. The third kappa shape index (κ3) is 5.25. The molecule has 0 aliphatic carbocycles. The Hall–Kier alpha value is -0.770. The zero-order valence-corrected chi connectivity index (χ0v) is 12.2. The average Bonchev–Trinajstić information content (AvgIpc) is 2.27. The monoisotopic (exact) mass is 256 g/mol. The van der Waals surface area contributed by atoms with Gasteiger partial charge < -0.3 is 15.0 Å². The zero-order chi connectivity index (χ0) is 13.5. The molecule has 4 heteroatoms. The number of amides is 2. The number of hydrogen-bond acceptors (Lipinski definition) is 2. The van der Waals surface area contributed by atoms with Crippen molar-refractivity contribution in [3.63, 3.8) is 0 Å². The van der Waals surface area contributed by atoms with E-state index in [2.05, 4.69) is 19.2 Å². The third-order valence-corrected chi connectivity index (χ3v) is 3.45. The molecule has 2 atom stereocenters. The second-order valence-corrected chi connectivity index (χ2v) is 5.68. The molecule has 4 nitrogen and oxygen atoms in total. The first kappa shape index (κ1) is 15.3. The molecule has 2 amide bonds. The molecular weight excluding hydrogens is 228 g/mol. The van der Waals surface area contributed by atoms with Gasteiger partial charge in [-0.25, -0.2) is 4.79 Å². The van der Waals surface area contributed by atoms with Gasteiger partial charge in [-0.15, -0.1) is 0 Å². The number of carbonyl (C=O) groups excluding carboxylic acids is 1. The predicted molar refractivity (Wildman–Crippen MR) is 73.7 cm³/mol. The highest BCUT2D eigenvalue weighted by Crippen LogP contribution is 2.21. The van der Waals surface area contributed by atoms with E-state index < -0.39 is 0 Å². The Labute approximate surface area is 111 Å². The summed E-state index contributed by atoms with van der Waals surface area (Å²) in [6.45, 7) is 10.7.